The standard InChI is InChI=1S/C16H19N3O6S/c1-3-25-16(23)19-15(26)18-11-6-8-4-5-9(14(21)22)13(20)17-10(8)7-12(11)24-2/h6-7,9H,3-5H2,1-2H3,(H,17,20)(H,21,22)(H2,18,19,23,26). The molecule has 0 fully saturated rings. The van der Waals surface area contributed by atoms with Crippen LogP contribution in [0.1, 0.15) is 18.9 Å². The van der Waals surface area contributed by atoms with E-state index in [1.54, 1.807) is 19.1 Å². The molecular weight excluding hydrogens is 362 g/mol. The van der Waals surface area contributed by atoms with E-state index in [0.717, 1.165) is 5.56 Å². The van der Waals surface area contributed by atoms with E-state index in [2.05, 4.69) is 16.0 Å². The van der Waals surface area contributed by atoms with Gasteiger partial charge in [-0.1, -0.05) is 0 Å². The Morgan fingerprint density at radius 2 is 2.15 bits per heavy atom. The van der Waals surface area contributed by atoms with Crippen LogP contribution in [-0.2, 0) is 20.7 Å². The molecule has 0 bridgehead atoms. The van der Waals surface area contributed by atoms with Gasteiger partial charge in [-0.2, -0.15) is 0 Å². The van der Waals surface area contributed by atoms with E-state index < -0.39 is 23.9 Å². The molecule has 2 amide bonds. The molecule has 10 heteroatoms. The van der Waals surface area contributed by atoms with Crippen molar-refractivity contribution in [2.45, 2.75) is 19.8 Å². The Morgan fingerprint density at radius 3 is 2.77 bits per heavy atom. The fraction of sp³-hybridized carbons (Fsp3) is 0.375. The van der Waals surface area contributed by atoms with Crippen LogP contribution in [0.25, 0.3) is 0 Å². The predicted molar refractivity (Wildman–Crippen MR) is 97.4 cm³/mol. The molecule has 1 aliphatic heterocycles. The van der Waals surface area contributed by atoms with E-state index in [0.29, 0.717) is 23.5 Å². The molecular formula is C16H19N3O6S. The number of aryl methyl sites for hydroxylation is 1. The van der Waals surface area contributed by atoms with E-state index in [1.165, 1.54) is 7.11 Å². The van der Waals surface area contributed by atoms with Crippen molar-refractivity contribution >= 4 is 46.7 Å². The van der Waals surface area contributed by atoms with Crippen LogP contribution in [0.5, 0.6) is 5.75 Å². The highest BCUT2D eigenvalue weighted by Crippen LogP contribution is 2.34. The third-order valence-electron chi connectivity index (χ3n) is 3.74. The zero-order chi connectivity index (χ0) is 19.3. The second-order valence-electron chi connectivity index (χ2n) is 5.43. The zero-order valence-corrected chi connectivity index (χ0v) is 15.1. The van der Waals surface area contributed by atoms with Crippen molar-refractivity contribution in [1.29, 1.82) is 0 Å². The van der Waals surface area contributed by atoms with Crippen LogP contribution in [0.15, 0.2) is 12.1 Å². The maximum absolute atomic E-state index is 12.0. The lowest BCUT2D eigenvalue weighted by Gasteiger charge is -2.16. The van der Waals surface area contributed by atoms with E-state index in [-0.39, 0.29) is 18.1 Å². The summed E-state index contributed by atoms with van der Waals surface area (Å²) in [5.74, 6) is -2.49. The van der Waals surface area contributed by atoms with Crippen molar-refractivity contribution < 1.29 is 29.0 Å². The number of carboxylic acids is 1. The second kappa shape index (κ2) is 8.48. The Morgan fingerprint density at radius 1 is 1.42 bits per heavy atom. The monoisotopic (exact) mass is 381 g/mol. The van der Waals surface area contributed by atoms with Gasteiger partial charge in [0.25, 0.3) is 0 Å². The lowest BCUT2D eigenvalue weighted by Crippen LogP contribution is -2.34. The average Bonchev–Trinajstić information content (AvgIpc) is 2.72. The number of alkyl carbamates (subject to hydrolysis) is 1. The number of fused-ring (bicyclic) bond motifs is 1. The number of carbonyl (C=O) groups excluding carboxylic acids is 2. The number of ether oxygens (including phenoxy) is 2. The quantitative estimate of drug-likeness (QED) is 0.459. The van der Waals surface area contributed by atoms with Gasteiger partial charge in [0.2, 0.25) is 5.91 Å². The summed E-state index contributed by atoms with van der Waals surface area (Å²) in [7, 11) is 1.44. The summed E-state index contributed by atoms with van der Waals surface area (Å²) in [5, 5.41) is 17.0. The first-order valence-electron chi connectivity index (χ1n) is 7.85. The summed E-state index contributed by atoms with van der Waals surface area (Å²) in [5.41, 5.74) is 1.67. The number of amides is 2. The highest BCUT2D eigenvalue weighted by molar-refractivity contribution is 7.80. The Balaban J connectivity index is 2.23. The molecule has 1 aromatic carbocycles. The number of carboxylic acid groups (broad SMARTS) is 1. The van der Waals surface area contributed by atoms with Crippen LogP contribution >= 0.6 is 12.2 Å². The minimum atomic E-state index is -1.17. The molecule has 1 aliphatic rings. The van der Waals surface area contributed by atoms with Gasteiger partial charge in [-0.05, 0) is 43.6 Å². The Bertz CT molecular complexity index is 752. The van der Waals surface area contributed by atoms with Crippen LogP contribution in [0.4, 0.5) is 16.2 Å². The molecule has 26 heavy (non-hydrogen) atoms. The summed E-state index contributed by atoms with van der Waals surface area (Å²) < 4.78 is 10.0. The maximum atomic E-state index is 12.0. The van der Waals surface area contributed by atoms with Gasteiger partial charge in [-0.25, -0.2) is 4.79 Å². The first kappa shape index (κ1) is 19.4. The lowest BCUT2D eigenvalue weighted by atomic mass is 10.0. The molecule has 0 aliphatic carbocycles. The number of hydrogen-bond donors (Lipinski definition) is 4. The van der Waals surface area contributed by atoms with Gasteiger partial charge in [-0.15, -0.1) is 0 Å². The van der Waals surface area contributed by atoms with Gasteiger partial charge in [0.05, 0.1) is 19.4 Å². The number of benzene rings is 1. The smallest absolute Gasteiger partial charge is 0.413 e. The van der Waals surface area contributed by atoms with Crippen LogP contribution in [0, 0.1) is 5.92 Å². The summed E-state index contributed by atoms with van der Waals surface area (Å²) in [6.07, 6.45) is -0.136. The fourth-order valence-corrected chi connectivity index (χ4v) is 2.71. The molecule has 9 nitrogen and oxygen atoms in total. The Labute approximate surface area is 155 Å². The van der Waals surface area contributed by atoms with Crippen molar-refractivity contribution in [2.75, 3.05) is 24.4 Å². The molecule has 0 saturated carbocycles. The first-order chi connectivity index (χ1) is 12.3. The van der Waals surface area contributed by atoms with Crippen molar-refractivity contribution in [3.63, 3.8) is 0 Å². The minimum Gasteiger partial charge on any atom is -0.494 e. The number of nitrogens with one attached hydrogen (secondary N) is 3. The summed E-state index contributed by atoms with van der Waals surface area (Å²) in [6.45, 7) is 1.88. The number of rotatable bonds is 4. The first-order valence-corrected chi connectivity index (χ1v) is 8.25. The highest BCUT2D eigenvalue weighted by Gasteiger charge is 2.30. The molecule has 140 valence electrons. The molecule has 1 aromatic rings. The van der Waals surface area contributed by atoms with Crippen LogP contribution in [0.2, 0.25) is 0 Å². The molecule has 1 unspecified atom stereocenters. The Hall–Kier alpha value is -2.88. The van der Waals surface area contributed by atoms with Crippen molar-refractivity contribution in [3.05, 3.63) is 17.7 Å². The summed E-state index contributed by atoms with van der Waals surface area (Å²) in [4.78, 5) is 34.6. The third kappa shape index (κ3) is 4.60. The van der Waals surface area contributed by atoms with Crippen molar-refractivity contribution in [2.24, 2.45) is 5.92 Å². The second-order valence-corrected chi connectivity index (χ2v) is 5.84. The third-order valence-corrected chi connectivity index (χ3v) is 3.94. The van der Waals surface area contributed by atoms with E-state index in [1.807, 2.05) is 0 Å². The number of methoxy groups -OCH3 is 1. The number of thiocarbonyl (C=S) groups is 1. The molecule has 1 heterocycles. The number of anilines is 2. The van der Waals surface area contributed by atoms with Crippen LogP contribution in [0.3, 0.4) is 0 Å². The molecule has 0 saturated heterocycles. The normalized spacial score (nSPS) is 15.8. The molecule has 2 rings (SSSR count). The van der Waals surface area contributed by atoms with Crippen molar-refractivity contribution in [3.8, 4) is 5.75 Å². The Kier molecular flexibility index (Phi) is 6.34. The largest absolute Gasteiger partial charge is 0.494 e. The number of hydrogen-bond acceptors (Lipinski definition) is 6. The SMILES string of the molecule is CCOC(=O)NC(=S)Nc1cc2c(cc1OC)NC(=O)C(C(=O)O)CC2. The lowest BCUT2D eigenvalue weighted by molar-refractivity contribution is -0.145. The minimum absolute atomic E-state index is 0.0165. The van der Waals surface area contributed by atoms with Gasteiger partial charge < -0.3 is 25.2 Å². The number of aliphatic carboxylic acids is 1. The van der Waals surface area contributed by atoms with Gasteiger partial charge in [0.1, 0.15) is 11.7 Å². The average molecular weight is 381 g/mol. The molecule has 0 aromatic heterocycles. The van der Waals surface area contributed by atoms with Gasteiger partial charge >= 0.3 is 12.1 Å². The maximum Gasteiger partial charge on any atom is 0.413 e. The molecule has 1 atom stereocenters. The zero-order valence-electron chi connectivity index (χ0n) is 14.3. The molecule has 0 radical (unpaired) electrons. The van der Waals surface area contributed by atoms with E-state index in [4.69, 9.17) is 26.8 Å². The van der Waals surface area contributed by atoms with Gasteiger partial charge in [0, 0.05) is 11.8 Å². The molecule has 4 N–H and O–H groups in total. The van der Waals surface area contributed by atoms with Crippen molar-refractivity contribution in [1.82, 2.24) is 5.32 Å². The summed E-state index contributed by atoms with van der Waals surface area (Å²) in [6, 6.07) is 3.27. The van der Waals surface area contributed by atoms with Gasteiger partial charge in [-0.3, -0.25) is 14.9 Å². The topological polar surface area (TPSA) is 126 Å². The highest BCUT2D eigenvalue weighted by atomic mass is 32.1. The van der Waals surface area contributed by atoms with E-state index in [9.17, 15) is 14.4 Å². The van der Waals surface area contributed by atoms with Crippen LogP contribution in [-0.4, -0.2) is 41.9 Å². The predicted octanol–water partition coefficient (Wildman–Crippen LogP) is 1.72. The number of carbonyl (C=O) groups is 3. The molecule has 0 spiro atoms. The van der Waals surface area contributed by atoms with E-state index >= 15 is 0 Å². The summed E-state index contributed by atoms with van der Waals surface area (Å²) >= 11 is 5.06. The fourth-order valence-electron chi connectivity index (χ4n) is 2.51. The van der Waals surface area contributed by atoms with Crippen LogP contribution < -0.4 is 20.7 Å². The van der Waals surface area contributed by atoms with Gasteiger partial charge in [0.15, 0.2) is 5.11 Å².